The molecule has 18 heavy (non-hydrogen) atoms. The monoisotopic (exact) mass is 249 g/mol. The molecule has 0 saturated heterocycles. The number of carbonyl (C=O) groups excluding carboxylic acids is 2. The smallest absolute Gasteiger partial charge is 0.188 e. The molecule has 0 bridgehead atoms. The van der Waals surface area contributed by atoms with Crippen molar-refractivity contribution in [2.45, 2.75) is 13.3 Å². The zero-order chi connectivity index (χ0) is 13.3. The van der Waals surface area contributed by atoms with Crippen molar-refractivity contribution in [1.82, 2.24) is 15.1 Å². The first-order valence-electron chi connectivity index (χ1n) is 5.62. The molecule has 1 aliphatic carbocycles. The quantitative estimate of drug-likeness (QED) is 0.423. The van der Waals surface area contributed by atoms with E-state index < -0.39 is 0 Å². The Labute approximate surface area is 104 Å². The van der Waals surface area contributed by atoms with Gasteiger partial charge in [-0.15, -0.1) is 0 Å². The van der Waals surface area contributed by atoms with Crippen molar-refractivity contribution in [2.75, 3.05) is 11.6 Å². The lowest BCUT2D eigenvalue weighted by molar-refractivity contribution is -0.116. The van der Waals surface area contributed by atoms with Gasteiger partial charge in [0.15, 0.2) is 17.9 Å². The SMILES string of the molecule is CCNC1=C(N(N)c2cc(C=O)n(C)n2)C(=O)C1. The first kappa shape index (κ1) is 12.3. The maximum atomic E-state index is 11.6. The third kappa shape index (κ3) is 1.88. The normalized spacial score (nSPS) is 14.5. The van der Waals surface area contributed by atoms with Crippen molar-refractivity contribution in [2.24, 2.45) is 12.9 Å². The standard InChI is InChI=1S/C11H15N5O2/c1-3-13-8-5-9(18)11(8)16(12)10-4-7(6-17)15(2)14-10/h4,6,13H,3,5,12H2,1-2H3. The van der Waals surface area contributed by atoms with Gasteiger partial charge in [-0.3, -0.25) is 19.3 Å². The van der Waals surface area contributed by atoms with Crippen LogP contribution in [0, 0.1) is 0 Å². The highest BCUT2D eigenvalue weighted by Crippen LogP contribution is 2.26. The largest absolute Gasteiger partial charge is 0.386 e. The van der Waals surface area contributed by atoms with Crippen LogP contribution in [0.4, 0.5) is 5.82 Å². The van der Waals surface area contributed by atoms with Crippen LogP contribution in [-0.2, 0) is 11.8 Å². The minimum absolute atomic E-state index is 0.0354. The van der Waals surface area contributed by atoms with E-state index in [1.807, 2.05) is 6.92 Å². The Hall–Kier alpha value is -2.15. The summed E-state index contributed by atoms with van der Waals surface area (Å²) in [4.78, 5) is 22.3. The number of aryl methyl sites for hydroxylation is 1. The molecule has 7 nitrogen and oxygen atoms in total. The molecule has 0 saturated carbocycles. The fourth-order valence-corrected chi connectivity index (χ4v) is 1.84. The van der Waals surface area contributed by atoms with Crippen molar-refractivity contribution in [1.29, 1.82) is 0 Å². The van der Waals surface area contributed by atoms with Gasteiger partial charge >= 0.3 is 0 Å². The van der Waals surface area contributed by atoms with Crippen molar-refractivity contribution >= 4 is 17.9 Å². The summed E-state index contributed by atoms with van der Waals surface area (Å²) in [5, 5.41) is 8.39. The van der Waals surface area contributed by atoms with E-state index >= 15 is 0 Å². The Morgan fingerprint density at radius 1 is 1.67 bits per heavy atom. The zero-order valence-electron chi connectivity index (χ0n) is 10.3. The predicted octanol–water partition coefficient (Wildman–Crippen LogP) is -0.293. The number of ketones is 1. The Balaban J connectivity index is 2.30. The number of hydrogen-bond acceptors (Lipinski definition) is 6. The summed E-state index contributed by atoms with van der Waals surface area (Å²) in [6.07, 6.45) is 1.05. The van der Waals surface area contributed by atoms with E-state index in [9.17, 15) is 9.59 Å². The highest BCUT2D eigenvalue weighted by molar-refractivity contribution is 6.06. The number of anilines is 1. The molecule has 1 aromatic heterocycles. The minimum Gasteiger partial charge on any atom is -0.386 e. The third-order valence-electron chi connectivity index (χ3n) is 2.79. The molecule has 0 aliphatic heterocycles. The van der Waals surface area contributed by atoms with E-state index in [0.29, 0.717) is 29.9 Å². The van der Waals surface area contributed by atoms with Crippen molar-refractivity contribution in [3.8, 4) is 0 Å². The van der Waals surface area contributed by atoms with Crippen LogP contribution >= 0.6 is 0 Å². The first-order chi connectivity index (χ1) is 8.58. The van der Waals surface area contributed by atoms with Crippen molar-refractivity contribution in [3.05, 3.63) is 23.2 Å². The summed E-state index contributed by atoms with van der Waals surface area (Å²) in [6, 6.07) is 1.54. The number of nitrogens with one attached hydrogen (secondary N) is 1. The molecule has 0 spiro atoms. The number of allylic oxidation sites excluding steroid dienone is 2. The minimum atomic E-state index is -0.0354. The van der Waals surface area contributed by atoms with E-state index in [2.05, 4.69) is 10.4 Å². The van der Waals surface area contributed by atoms with Crippen molar-refractivity contribution < 1.29 is 9.59 Å². The van der Waals surface area contributed by atoms with Crippen LogP contribution in [0.25, 0.3) is 0 Å². The summed E-state index contributed by atoms with van der Waals surface area (Å²) in [5.41, 5.74) is 1.62. The molecule has 0 unspecified atom stereocenters. The van der Waals surface area contributed by atoms with E-state index in [4.69, 9.17) is 5.84 Å². The van der Waals surface area contributed by atoms with E-state index in [0.717, 1.165) is 12.2 Å². The number of aldehydes is 1. The van der Waals surface area contributed by atoms with Crippen LogP contribution in [0.2, 0.25) is 0 Å². The number of nitrogens with two attached hydrogens (primary N) is 1. The Morgan fingerprint density at radius 3 is 2.89 bits per heavy atom. The van der Waals surface area contributed by atoms with Gasteiger partial charge in [0.2, 0.25) is 0 Å². The second-order valence-electron chi connectivity index (χ2n) is 4.00. The summed E-state index contributed by atoms with van der Waals surface area (Å²) in [7, 11) is 1.64. The highest BCUT2D eigenvalue weighted by atomic mass is 16.1. The average molecular weight is 249 g/mol. The molecule has 1 aliphatic rings. The maximum absolute atomic E-state index is 11.6. The number of nitrogens with zero attached hydrogens (tertiary/aromatic N) is 3. The van der Waals surface area contributed by atoms with E-state index in [-0.39, 0.29) is 5.78 Å². The lowest BCUT2D eigenvalue weighted by Gasteiger charge is -2.29. The molecule has 1 heterocycles. The number of hydrogen-bond donors (Lipinski definition) is 2. The summed E-state index contributed by atoms with van der Waals surface area (Å²) in [6.45, 7) is 2.67. The molecule has 2 rings (SSSR count). The molecule has 1 aromatic rings. The maximum Gasteiger partial charge on any atom is 0.188 e. The molecule has 0 atom stereocenters. The lowest BCUT2D eigenvalue weighted by atomic mass is 9.98. The average Bonchev–Trinajstić information content (AvgIpc) is 2.70. The second kappa shape index (κ2) is 4.61. The number of Topliss-reactive ketones (excluding diaryl/α,β-unsaturated/α-hetero) is 1. The molecule has 0 aromatic carbocycles. The van der Waals surface area contributed by atoms with Gasteiger partial charge in [-0.05, 0) is 6.92 Å². The second-order valence-corrected chi connectivity index (χ2v) is 4.00. The highest BCUT2D eigenvalue weighted by Gasteiger charge is 2.32. The van der Waals surface area contributed by atoms with Gasteiger partial charge in [-0.1, -0.05) is 0 Å². The fraction of sp³-hybridized carbons (Fsp3) is 0.364. The van der Waals surface area contributed by atoms with E-state index in [1.165, 1.54) is 15.8 Å². The molecule has 0 fully saturated rings. The topological polar surface area (TPSA) is 93.2 Å². The summed E-state index contributed by atoms with van der Waals surface area (Å²) in [5.74, 6) is 6.21. The lowest BCUT2D eigenvalue weighted by Crippen LogP contribution is -2.43. The molecular formula is C11H15N5O2. The van der Waals surface area contributed by atoms with Crippen LogP contribution in [0.5, 0.6) is 0 Å². The fourth-order valence-electron chi connectivity index (χ4n) is 1.84. The molecule has 0 amide bonds. The number of aromatic nitrogens is 2. The number of hydrazine groups is 1. The van der Waals surface area contributed by atoms with Crippen LogP contribution < -0.4 is 16.2 Å². The summed E-state index contributed by atoms with van der Waals surface area (Å²) >= 11 is 0. The number of carbonyl (C=O) groups is 2. The van der Waals surface area contributed by atoms with Gasteiger partial charge in [-0.2, -0.15) is 5.10 Å². The molecule has 0 radical (unpaired) electrons. The van der Waals surface area contributed by atoms with Gasteiger partial charge < -0.3 is 5.32 Å². The van der Waals surface area contributed by atoms with E-state index in [1.54, 1.807) is 7.05 Å². The van der Waals surface area contributed by atoms with Gasteiger partial charge in [0.25, 0.3) is 0 Å². The zero-order valence-corrected chi connectivity index (χ0v) is 10.3. The van der Waals surface area contributed by atoms with Crippen LogP contribution in [-0.4, -0.2) is 28.4 Å². The Bertz CT molecular complexity index is 532. The molecule has 7 heteroatoms. The molecule has 3 N–H and O–H groups in total. The Kier molecular flexibility index (Phi) is 3.15. The van der Waals surface area contributed by atoms with Gasteiger partial charge in [0, 0.05) is 25.4 Å². The number of rotatable bonds is 5. The van der Waals surface area contributed by atoms with Crippen LogP contribution in [0.15, 0.2) is 17.5 Å². The summed E-state index contributed by atoms with van der Waals surface area (Å²) < 4.78 is 1.42. The van der Waals surface area contributed by atoms with Crippen LogP contribution in [0.3, 0.4) is 0 Å². The third-order valence-corrected chi connectivity index (χ3v) is 2.79. The first-order valence-corrected chi connectivity index (χ1v) is 5.62. The van der Waals surface area contributed by atoms with Crippen molar-refractivity contribution in [3.63, 3.8) is 0 Å². The van der Waals surface area contributed by atoms with Gasteiger partial charge in [0.05, 0.1) is 6.42 Å². The Morgan fingerprint density at radius 2 is 2.39 bits per heavy atom. The van der Waals surface area contributed by atoms with Crippen LogP contribution in [0.1, 0.15) is 23.8 Å². The van der Waals surface area contributed by atoms with Gasteiger partial charge in [0.1, 0.15) is 11.4 Å². The molecular weight excluding hydrogens is 234 g/mol. The predicted molar refractivity (Wildman–Crippen MR) is 65.6 cm³/mol. The van der Waals surface area contributed by atoms with Gasteiger partial charge in [-0.25, -0.2) is 5.84 Å². The molecule has 96 valence electrons.